The SMILES string of the molecule is O=C(Cn1cncn1)NC[C@@H](O)c1cc(Cl)cc(Cl)c1. The minimum absolute atomic E-state index is 0.0447. The molecule has 2 N–H and O–H groups in total. The van der Waals surface area contributed by atoms with E-state index in [-0.39, 0.29) is 19.0 Å². The van der Waals surface area contributed by atoms with Crippen LogP contribution in [0.5, 0.6) is 0 Å². The third-order valence-corrected chi connectivity index (χ3v) is 2.97. The Bertz CT molecular complexity index is 569. The van der Waals surface area contributed by atoms with E-state index in [1.54, 1.807) is 18.2 Å². The van der Waals surface area contributed by atoms with Gasteiger partial charge in [0.1, 0.15) is 19.2 Å². The van der Waals surface area contributed by atoms with Crippen LogP contribution in [-0.2, 0) is 11.3 Å². The fourth-order valence-corrected chi connectivity index (χ4v) is 2.16. The summed E-state index contributed by atoms with van der Waals surface area (Å²) in [6.07, 6.45) is 1.90. The molecule has 8 heteroatoms. The molecule has 2 aromatic rings. The molecule has 1 atom stereocenters. The van der Waals surface area contributed by atoms with Crippen LogP contribution in [0.15, 0.2) is 30.9 Å². The highest BCUT2D eigenvalue weighted by molar-refractivity contribution is 6.34. The van der Waals surface area contributed by atoms with Gasteiger partial charge in [-0.05, 0) is 23.8 Å². The fraction of sp³-hybridized carbons (Fsp3) is 0.250. The molecule has 0 spiro atoms. The number of aliphatic hydroxyl groups is 1. The lowest BCUT2D eigenvalue weighted by Crippen LogP contribution is -2.31. The van der Waals surface area contributed by atoms with Gasteiger partial charge in [-0.2, -0.15) is 5.10 Å². The largest absolute Gasteiger partial charge is 0.387 e. The van der Waals surface area contributed by atoms with Crippen LogP contribution in [0.25, 0.3) is 0 Å². The lowest BCUT2D eigenvalue weighted by molar-refractivity contribution is -0.122. The van der Waals surface area contributed by atoms with E-state index in [1.165, 1.54) is 17.3 Å². The van der Waals surface area contributed by atoms with Crippen molar-refractivity contribution in [3.63, 3.8) is 0 Å². The second-order valence-electron chi connectivity index (χ2n) is 4.12. The molecule has 1 heterocycles. The molecular weight excluding hydrogens is 303 g/mol. The van der Waals surface area contributed by atoms with E-state index in [2.05, 4.69) is 15.4 Å². The number of rotatable bonds is 5. The number of amides is 1. The molecule has 1 amide bonds. The molecule has 0 fully saturated rings. The minimum atomic E-state index is -0.883. The number of benzene rings is 1. The van der Waals surface area contributed by atoms with Crippen molar-refractivity contribution in [1.29, 1.82) is 0 Å². The van der Waals surface area contributed by atoms with Gasteiger partial charge in [-0.1, -0.05) is 23.2 Å². The van der Waals surface area contributed by atoms with E-state index in [9.17, 15) is 9.90 Å². The number of nitrogens with zero attached hydrogens (tertiary/aromatic N) is 3. The van der Waals surface area contributed by atoms with Crippen molar-refractivity contribution >= 4 is 29.1 Å². The monoisotopic (exact) mass is 314 g/mol. The van der Waals surface area contributed by atoms with Crippen LogP contribution in [0.1, 0.15) is 11.7 Å². The van der Waals surface area contributed by atoms with Gasteiger partial charge in [-0.25, -0.2) is 9.67 Å². The number of halogens is 2. The zero-order valence-electron chi connectivity index (χ0n) is 10.3. The Balaban J connectivity index is 1.88. The van der Waals surface area contributed by atoms with Gasteiger partial charge in [0.2, 0.25) is 5.91 Å². The number of hydrogen-bond acceptors (Lipinski definition) is 4. The molecule has 106 valence electrons. The first-order valence-corrected chi connectivity index (χ1v) is 6.53. The van der Waals surface area contributed by atoms with Gasteiger partial charge in [0.25, 0.3) is 0 Å². The van der Waals surface area contributed by atoms with Gasteiger partial charge < -0.3 is 10.4 Å². The van der Waals surface area contributed by atoms with Crippen LogP contribution >= 0.6 is 23.2 Å². The predicted molar refractivity (Wildman–Crippen MR) is 74.5 cm³/mol. The molecule has 1 aromatic carbocycles. The number of nitrogens with one attached hydrogen (secondary N) is 1. The summed E-state index contributed by atoms with van der Waals surface area (Å²) >= 11 is 11.7. The molecule has 1 aromatic heterocycles. The molecule has 0 saturated heterocycles. The van der Waals surface area contributed by atoms with E-state index in [0.29, 0.717) is 15.6 Å². The number of aromatic nitrogens is 3. The summed E-state index contributed by atoms with van der Waals surface area (Å²) in [6.45, 7) is 0.104. The van der Waals surface area contributed by atoms with Gasteiger partial charge in [0, 0.05) is 16.6 Å². The van der Waals surface area contributed by atoms with E-state index >= 15 is 0 Å². The Hall–Kier alpha value is -1.63. The third-order valence-electron chi connectivity index (χ3n) is 2.53. The van der Waals surface area contributed by atoms with Crippen molar-refractivity contribution in [2.75, 3.05) is 6.54 Å². The van der Waals surface area contributed by atoms with Crippen molar-refractivity contribution in [3.05, 3.63) is 46.5 Å². The molecular formula is C12H12Cl2N4O2. The van der Waals surface area contributed by atoms with Crippen molar-refractivity contribution in [2.24, 2.45) is 0 Å². The number of carbonyl (C=O) groups excluding carboxylic acids is 1. The molecule has 20 heavy (non-hydrogen) atoms. The van der Waals surface area contributed by atoms with Crippen molar-refractivity contribution < 1.29 is 9.90 Å². The number of aliphatic hydroxyl groups excluding tert-OH is 1. The smallest absolute Gasteiger partial charge is 0.241 e. The molecule has 2 rings (SSSR count). The van der Waals surface area contributed by atoms with Crippen molar-refractivity contribution in [3.8, 4) is 0 Å². The second kappa shape index (κ2) is 6.69. The molecule has 0 saturated carbocycles. The molecule has 6 nitrogen and oxygen atoms in total. The van der Waals surface area contributed by atoms with Crippen molar-refractivity contribution in [2.45, 2.75) is 12.6 Å². The summed E-state index contributed by atoms with van der Waals surface area (Å²) in [7, 11) is 0. The Morgan fingerprint density at radius 2 is 2.05 bits per heavy atom. The van der Waals surface area contributed by atoms with E-state index in [4.69, 9.17) is 23.2 Å². The molecule has 0 radical (unpaired) electrons. The first-order chi connectivity index (χ1) is 9.54. The summed E-state index contributed by atoms with van der Waals surface area (Å²) in [4.78, 5) is 15.3. The third kappa shape index (κ3) is 4.19. The maximum atomic E-state index is 11.6. The van der Waals surface area contributed by atoms with Crippen LogP contribution in [-0.4, -0.2) is 32.3 Å². The predicted octanol–water partition coefficient (Wildman–Crippen LogP) is 1.43. The zero-order valence-corrected chi connectivity index (χ0v) is 11.8. The van der Waals surface area contributed by atoms with E-state index < -0.39 is 6.10 Å². The van der Waals surface area contributed by atoms with Crippen LogP contribution in [0.3, 0.4) is 0 Å². The van der Waals surface area contributed by atoms with Crippen molar-refractivity contribution in [1.82, 2.24) is 20.1 Å². The van der Waals surface area contributed by atoms with Gasteiger partial charge >= 0.3 is 0 Å². The standard InChI is InChI=1S/C12H12Cl2N4O2/c13-9-1-8(2-10(14)3-9)11(19)4-16-12(20)5-18-7-15-6-17-18/h1-3,6-7,11,19H,4-5H2,(H,16,20)/t11-/m1/s1. The van der Waals surface area contributed by atoms with E-state index in [1.807, 2.05) is 0 Å². The lowest BCUT2D eigenvalue weighted by atomic mass is 10.1. The maximum absolute atomic E-state index is 11.6. The highest BCUT2D eigenvalue weighted by atomic mass is 35.5. The molecule has 0 unspecified atom stereocenters. The summed E-state index contributed by atoms with van der Waals surface area (Å²) in [5.41, 5.74) is 0.545. The first kappa shape index (κ1) is 14.8. The normalized spacial score (nSPS) is 12.2. The van der Waals surface area contributed by atoms with Gasteiger partial charge in [0.05, 0.1) is 6.10 Å². The van der Waals surface area contributed by atoms with E-state index in [0.717, 1.165) is 0 Å². The average molecular weight is 315 g/mol. The van der Waals surface area contributed by atoms with Gasteiger partial charge in [0.15, 0.2) is 0 Å². The Labute approximate surface area is 125 Å². The quantitative estimate of drug-likeness (QED) is 0.875. The topological polar surface area (TPSA) is 80.0 Å². The minimum Gasteiger partial charge on any atom is -0.387 e. The second-order valence-corrected chi connectivity index (χ2v) is 4.99. The number of carbonyl (C=O) groups is 1. The first-order valence-electron chi connectivity index (χ1n) is 5.78. The zero-order chi connectivity index (χ0) is 14.5. The van der Waals surface area contributed by atoms with Gasteiger partial charge in [-0.3, -0.25) is 4.79 Å². The van der Waals surface area contributed by atoms with Crippen LogP contribution in [0, 0.1) is 0 Å². The Kier molecular flexibility index (Phi) is 4.94. The molecule has 0 aliphatic carbocycles. The lowest BCUT2D eigenvalue weighted by Gasteiger charge is -2.13. The Morgan fingerprint density at radius 3 is 2.65 bits per heavy atom. The maximum Gasteiger partial charge on any atom is 0.241 e. The molecule has 0 bridgehead atoms. The summed E-state index contributed by atoms with van der Waals surface area (Å²) in [5, 5.41) is 17.2. The van der Waals surface area contributed by atoms with Crippen LogP contribution in [0.4, 0.5) is 0 Å². The van der Waals surface area contributed by atoms with Gasteiger partial charge in [-0.15, -0.1) is 0 Å². The highest BCUT2D eigenvalue weighted by Gasteiger charge is 2.11. The summed E-state index contributed by atoms with van der Waals surface area (Å²) in [5.74, 6) is -0.275. The average Bonchev–Trinajstić information content (AvgIpc) is 2.87. The highest BCUT2D eigenvalue weighted by Crippen LogP contribution is 2.23. The Morgan fingerprint density at radius 1 is 1.35 bits per heavy atom. The fourth-order valence-electron chi connectivity index (χ4n) is 1.61. The van der Waals surface area contributed by atoms with Crippen LogP contribution < -0.4 is 5.32 Å². The summed E-state index contributed by atoms with van der Waals surface area (Å²) < 4.78 is 1.39. The summed E-state index contributed by atoms with van der Waals surface area (Å²) in [6, 6.07) is 4.77. The number of hydrogen-bond donors (Lipinski definition) is 2. The molecule has 0 aliphatic heterocycles. The van der Waals surface area contributed by atoms with Crippen LogP contribution in [0.2, 0.25) is 10.0 Å². The molecule has 0 aliphatic rings.